The Labute approximate surface area is 415 Å². The Morgan fingerprint density at radius 1 is 0.549 bits per heavy atom. The number of nitrogens with zero attached hydrogens (tertiary/aromatic N) is 3. The van der Waals surface area contributed by atoms with Gasteiger partial charge in [-0.15, -0.1) is 10.2 Å². The molecule has 0 fully saturated rings. The highest BCUT2D eigenvalue weighted by Crippen LogP contribution is 2.45. The third-order valence-corrected chi connectivity index (χ3v) is 12.1. The topological polar surface area (TPSA) is 113 Å². The Kier molecular flexibility index (Phi) is 16.3. The minimum absolute atomic E-state index is 0.254. The molecule has 1 aliphatic heterocycles. The van der Waals surface area contributed by atoms with Crippen LogP contribution in [0.4, 0.5) is 17.1 Å². The van der Waals surface area contributed by atoms with Crippen LogP contribution in [0.2, 0.25) is 0 Å². The summed E-state index contributed by atoms with van der Waals surface area (Å²) in [5.41, 5.74) is 12.1. The van der Waals surface area contributed by atoms with E-state index in [0.717, 1.165) is 92.1 Å². The van der Waals surface area contributed by atoms with Crippen LogP contribution in [-0.2, 0) is 24.7 Å². The molecule has 9 aromatic rings. The fourth-order valence-corrected chi connectivity index (χ4v) is 8.56. The molecule has 0 radical (unpaired) electrons. The molecule has 8 aromatic carbocycles. The molecule has 354 valence electrons. The summed E-state index contributed by atoms with van der Waals surface area (Å²) in [5, 5.41) is 24.4. The number of para-hydroxylation sites is 2. The lowest BCUT2D eigenvalue weighted by molar-refractivity contribution is -0.631. The second-order valence-corrected chi connectivity index (χ2v) is 16.8. The quantitative estimate of drug-likeness (QED) is 0.0297. The number of unbranched alkanes of at least 4 members (excludes halogenated alkanes) is 2. The molecule has 2 N–H and O–H groups in total. The zero-order chi connectivity index (χ0) is 49.4. The highest BCUT2D eigenvalue weighted by molar-refractivity contribution is 6.07. The Balaban J connectivity index is 0.000000169. The molecule has 1 atom stereocenters. The molecule has 9 nitrogen and oxygen atoms in total. The number of pyridine rings is 1. The normalized spacial score (nSPS) is 13.3. The van der Waals surface area contributed by atoms with Gasteiger partial charge in [-0.25, -0.2) is 9.59 Å². The van der Waals surface area contributed by atoms with E-state index in [1.165, 1.54) is 6.08 Å². The van der Waals surface area contributed by atoms with Crippen molar-refractivity contribution in [2.75, 3.05) is 18.6 Å². The molecule has 0 spiro atoms. The van der Waals surface area contributed by atoms with Crippen LogP contribution in [0.1, 0.15) is 50.8 Å². The molecule has 2 heterocycles. The van der Waals surface area contributed by atoms with Crippen molar-refractivity contribution in [2.24, 2.45) is 10.2 Å². The van der Waals surface area contributed by atoms with E-state index in [9.17, 15) is 14.7 Å². The number of carbonyl (C=O) groups excluding carboxylic acids is 2. The first-order valence-corrected chi connectivity index (χ1v) is 24.1. The standard InChI is InChI=1S/C31H27N2O3.C24H18N2.C7H12O2/c1-2-3-20-36-30(34)31(35)26-18-11-17-22(21-12-5-4-6-13-21)28(26)32-33-27-19-10-9-15-24(27)23-14-7-8-16-25(23)29(31)33;1-3-11-19(12-4-1)21-15-7-9-17-23(21)25-26-24-18-10-8-16-22(24)20-13-5-2-6-14-20;1-3-5-6-9-7(8)4-2/h4-19,32,35H,2-3,20H2,1H3;1-18H;4H,2-3,5-6H2,1H3/q+1;;. The summed E-state index contributed by atoms with van der Waals surface area (Å²) in [6, 6.07) is 68.3. The zero-order valence-electron chi connectivity index (χ0n) is 40.1. The number of aromatic nitrogens is 1. The minimum Gasteiger partial charge on any atom is -0.463 e. The molecule has 10 rings (SSSR count). The number of aliphatic hydroxyl groups is 1. The van der Waals surface area contributed by atoms with Crippen LogP contribution in [0.3, 0.4) is 0 Å². The van der Waals surface area contributed by atoms with Crippen molar-refractivity contribution in [3.8, 4) is 33.4 Å². The predicted molar refractivity (Wildman–Crippen MR) is 285 cm³/mol. The van der Waals surface area contributed by atoms with Crippen LogP contribution < -0.4 is 10.1 Å². The van der Waals surface area contributed by atoms with E-state index in [1.807, 2.05) is 182 Å². The van der Waals surface area contributed by atoms with Crippen LogP contribution in [-0.4, -0.2) is 30.3 Å². The summed E-state index contributed by atoms with van der Waals surface area (Å²) in [4.78, 5) is 24.2. The van der Waals surface area contributed by atoms with Crippen LogP contribution in [0.15, 0.2) is 229 Å². The number of rotatable bonds is 13. The number of hydrogen-bond acceptors (Lipinski definition) is 8. The van der Waals surface area contributed by atoms with Gasteiger partial charge in [0.05, 0.1) is 35.4 Å². The highest BCUT2D eigenvalue weighted by Gasteiger charge is 2.55. The van der Waals surface area contributed by atoms with Crippen molar-refractivity contribution in [3.63, 3.8) is 0 Å². The minimum atomic E-state index is -2.01. The fraction of sp³-hybridized carbons (Fsp3) is 0.145. The Hall–Kier alpha value is -8.53. The first-order chi connectivity index (χ1) is 34.9. The summed E-state index contributed by atoms with van der Waals surface area (Å²) in [6.45, 7) is 8.12. The molecule has 1 aliphatic rings. The Bertz CT molecular complexity index is 3200. The van der Waals surface area contributed by atoms with Crippen molar-refractivity contribution in [1.29, 1.82) is 0 Å². The maximum absolute atomic E-state index is 13.8. The van der Waals surface area contributed by atoms with Crippen LogP contribution >= 0.6 is 0 Å². The summed E-state index contributed by atoms with van der Waals surface area (Å²) in [5.74, 6) is -0.999. The number of nitrogens with one attached hydrogen (secondary N) is 1. The first kappa shape index (κ1) is 48.9. The van der Waals surface area contributed by atoms with Gasteiger partial charge in [-0.3, -0.25) is 0 Å². The molecule has 0 amide bonds. The molecular weight excluding hydrogens is 881 g/mol. The van der Waals surface area contributed by atoms with E-state index in [1.54, 1.807) is 0 Å². The van der Waals surface area contributed by atoms with E-state index in [4.69, 9.17) is 4.74 Å². The Morgan fingerprint density at radius 2 is 1.00 bits per heavy atom. The maximum atomic E-state index is 13.8. The smallest absolute Gasteiger partial charge is 0.354 e. The zero-order valence-corrected chi connectivity index (χ0v) is 40.1. The predicted octanol–water partition coefficient (Wildman–Crippen LogP) is 14.7. The average molecular weight is 938 g/mol. The third-order valence-electron chi connectivity index (χ3n) is 12.1. The SMILES string of the molecule is C=CC(=O)OCCCC.CCCCOC(=O)C1(O)c2cccc(-c3ccccc3)c2N[n+]2c1c1ccccc1c1ccccc12.c1ccc(-c2ccccc2N=Nc2ccccc2-c2ccccc2)cc1. The largest absolute Gasteiger partial charge is 0.463 e. The van der Waals surface area contributed by atoms with Crippen molar-refractivity contribution < 1.29 is 28.8 Å². The second kappa shape index (κ2) is 23.7. The van der Waals surface area contributed by atoms with Crippen LogP contribution in [0.25, 0.3) is 55.1 Å². The molecule has 1 aromatic heterocycles. The lowest BCUT2D eigenvalue weighted by Gasteiger charge is -2.32. The number of carbonyl (C=O) groups is 2. The number of ether oxygens (including phenoxy) is 2. The van der Waals surface area contributed by atoms with Gasteiger partial charge in [0.1, 0.15) is 5.69 Å². The van der Waals surface area contributed by atoms with Gasteiger partial charge >= 0.3 is 11.9 Å². The summed E-state index contributed by atoms with van der Waals surface area (Å²) < 4.78 is 12.2. The highest BCUT2D eigenvalue weighted by atomic mass is 16.6. The molecule has 0 aliphatic carbocycles. The van der Waals surface area contributed by atoms with Gasteiger partial charge in [0.2, 0.25) is 5.52 Å². The monoisotopic (exact) mass is 937 g/mol. The third kappa shape index (κ3) is 11.0. The lowest BCUT2D eigenvalue weighted by Crippen LogP contribution is -2.59. The summed E-state index contributed by atoms with van der Waals surface area (Å²) in [7, 11) is 0. The number of benzene rings is 8. The Morgan fingerprint density at radius 3 is 1.55 bits per heavy atom. The van der Waals surface area contributed by atoms with Crippen LogP contribution in [0, 0.1) is 0 Å². The average Bonchev–Trinajstić information content (AvgIpc) is 3.43. The van der Waals surface area contributed by atoms with E-state index in [-0.39, 0.29) is 12.6 Å². The molecule has 1 unspecified atom stereocenters. The van der Waals surface area contributed by atoms with Gasteiger partial charge in [-0.1, -0.05) is 214 Å². The molecule has 0 bridgehead atoms. The van der Waals surface area contributed by atoms with Gasteiger partial charge in [-0.05, 0) is 53.8 Å². The van der Waals surface area contributed by atoms with Crippen molar-refractivity contribution in [2.45, 2.75) is 45.1 Å². The van der Waals surface area contributed by atoms with Crippen molar-refractivity contribution in [1.82, 2.24) is 0 Å². The number of esters is 2. The van der Waals surface area contributed by atoms with Gasteiger partial charge in [0.25, 0.3) is 11.3 Å². The van der Waals surface area contributed by atoms with Gasteiger partial charge < -0.3 is 14.6 Å². The molecule has 0 saturated heterocycles. The molecule has 0 saturated carbocycles. The van der Waals surface area contributed by atoms with Gasteiger partial charge in [-0.2, -0.15) is 5.43 Å². The fourth-order valence-electron chi connectivity index (χ4n) is 8.56. The second-order valence-electron chi connectivity index (χ2n) is 16.8. The number of fused-ring (bicyclic) bond motifs is 7. The number of azo groups is 1. The van der Waals surface area contributed by atoms with E-state index in [0.29, 0.717) is 23.6 Å². The lowest BCUT2D eigenvalue weighted by atomic mass is 9.82. The number of anilines is 1. The molecule has 71 heavy (non-hydrogen) atoms. The first-order valence-electron chi connectivity index (χ1n) is 24.1. The van der Waals surface area contributed by atoms with E-state index in [2.05, 4.69) is 69.4 Å². The molecule has 9 heteroatoms. The van der Waals surface area contributed by atoms with Crippen LogP contribution in [0.5, 0.6) is 0 Å². The summed E-state index contributed by atoms with van der Waals surface area (Å²) >= 11 is 0. The maximum Gasteiger partial charge on any atom is 0.354 e. The summed E-state index contributed by atoms with van der Waals surface area (Å²) in [6.07, 6.45) is 4.77. The molecular formula is C62H57N4O5+. The van der Waals surface area contributed by atoms with Gasteiger partial charge in [0, 0.05) is 39.8 Å². The van der Waals surface area contributed by atoms with E-state index < -0.39 is 11.6 Å². The number of hydrogen-bond donors (Lipinski definition) is 2. The van der Waals surface area contributed by atoms with Crippen molar-refractivity contribution >= 4 is 50.7 Å². The van der Waals surface area contributed by atoms with Crippen molar-refractivity contribution in [3.05, 3.63) is 230 Å². The van der Waals surface area contributed by atoms with E-state index >= 15 is 0 Å². The van der Waals surface area contributed by atoms with Gasteiger partial charge in [0.15, 0.2) is 0 Å².